The van der Waals surface area contributed by atoms with E-state index in [2.05, 4.69) is 10.4 Å². The zero-order chi connectivity index (χ0) is 18.7. The monoisotopic (exact) mass is 347 g/mol. The van der Waals surface area contributed by atoms with Crippen molar-refractivity contribution in [1.82, 2.24) is 15.1 Å². The summed E-state index contributed by atoms with van der Waals surface area (Å²) in [6, 6.07) is 14.2. The Morgan fingerprint density at radius 1 is 1.00 bits per heavy atom. The van der Waals surface area contributed by atoms with Gasteiger partial charge in [0.1, 0.15) is 0 Å². The maximum atomic E-state index is 12.8. The van der Waals surface area contributed by atoms with E-state index in [9.17, 15) is 9.59 Å². The van der Waals surface area contributed by atoms with Crippen LogP contribution in [0.3, 0.4) is 0 Å². The Morgan fingerprint density at radius 3 is 2.27 bits per heavy atom. The average molecular weight is 347 g/mol. The second kappa shape index (κ2) is 7.35. The normalized spacial score (nSPS) is 10.6. The van der Waals surface area contributed by atoms with Crippen molar-refractivity contribution in [3.63, 3.8) is 0 Å². The first-order valence-electron chi connectivity index (χ1n) is 8.43. The van der Waals surface area contributed by atoms with Gasteiger partial charge in [0.15, 0.2) is 5.78 Å². The number of aryl methyl sites for hydroxylation is 2. The van der Waals surface area contributed by atoms with Crippen molar-refractivity contribution in [2.75, 3.05) is 0 Å². The molecule has 1 N–H and O–H groups in total. The standard InChI is InChI=1S/C21H21N3O2/c1-14-8-10-16(11-9-14)20(25)18-6-4-5-7-19(18)21(26)22-12-17-13-23-24(3)15(17)2/h4-11,13H,12H2,1-3H3,(H,22,26). The highest BCUT2D eigenvalue weighted by Gasteiger charge is 2.18. The molecule has 0 spiro atoms. The summed E-state index contributed by atoms with van der Waals surface area (Å²) < 4.78 is 1.76. The average Bonchev–Trinajstić information content (AvgIpc) is 2.98. The van der Waals surface area contributed by atoms with Gasteiger partial charge in [-0.1, -0.05) is 48.0 Å². The van der Waals surface area contributed by atoms with Crippen LogP contribution < -0.4 is 5.32 Å². The molecule has 26 heavy (non-hydrogen) atoms. The van der Waals surface area contributed by atoms with Crippen LogP contribution in [0.1, 0.15) is 43.1 Å². The van der Waals surface area contributed by atoms with Gasteiger partial charge in [-0.3, -0.25) is 14.3 Å². The number of aromatic nitrogens is 2. The van der Waals surface area contributed by atoms with Gasteiger partial charge in [0.2, 0.25) is 0 Å². The van der Waals surface area contributed by atoms with Crippen molar-refractivity contribution in [3.05, 3.63) is 88.2 Å². The molecule has 0 radical (unpaired) electrons. The summed E-state index contributed by atoms with van der Waals surface area (Å²) in [6.45, 7) is 4.28. The third-order valence-electron chi connectivity index (χ3n) is 4.51. The van der Waals surface area contributed by atoms with E-state index < -0.39 is 0 Å². The smallest absolute Gasteiger partial charge is 0.252 e. The Morgan fingerprint density at radius 2 is 1.65 bits per heavy atom. The highest BCUT2D eigenvalue weighted by Crippen LogP contribution is 2.16. The first kappa shape index (κ1) is 17.6. The van der Waals surface area contributed by atoms with Crippen molar-refractivity contribution in [3.8, 4) is 0 Å². The number of nitrogens with zero attached hydrogens (tertiary/aromatic N) is 2. The fourth-order valence-corrected chi connectivity index (χ4v) is 2.73. The summed E-state index contributed by atoms with van der Waals surface area (Å²) in [5.74, 6) is -0.433. The van der Waals surface area contributed by atoms with Gasteiger partial charge in [-0.15, -0.1) is 0 Å². The number of rotatable bonds is 5. The molecule has 3 aromatic rings. The van der Waals surface area contributed by atoms with Crippen LogP contribution in [0.2, 0.25) is 0 Å². The molecule has 0 aliphatic heterocycles. The van der Waals surface area contributed by atoms with E-state index in [0.717, 1.165) is 16.8 Å². The van der Waals surface area contributed by atoms with Gasteiger partial charge < -0.3 is 5.32 Å². The number of amides is 1. The third kappa shape index (κ3) is 3.57. The molecule has 0 atom stereocenters. The summed E-state index contributed by atoms with van der Waals surface area (Å²) in [5.41, 5.74) is 4.37. The van der Waals surface area contributed by atoms with Crippen LogP contribution >= 0.6 is 0 Å². The lowest BCUT2D eigenvalue weighted by Gasteiger charge is -2.10. The van der Waals surface area contributed by atoms with E-state index >= 15 is 0 Å². The van der Waals surface area contributed by atoms with Crippen LogP contribution in [-0.2, 0) is 13.6 Å². The molecule has 0 bridgehead atoms. The molecule has 0 aliphatic rings. The van der Waals surface area contributed by atoms with Crippen molar-refractivity contribution in [2.45, 2.75) is 20.4 Å². The van der Waals surface area contributed by atoms with Crippen LogP contribution in [0, 0.1) is 13.8 Å². The molecule has 5 heteroatoms. The minimum atomic E-state index is -0.274. The van der Waals surface area contributed by atoms with Crippen molar-refractivity contribution < 1.29 is 9.59 Å². The van der Waals surface area contributed by atoms with E-state index in [4.69, 9.17) is 0 Å². The lowest BCUT2D eigenvalue weighted by atomic mass is 9.97. The maximum absolute atomic E-state index is 12.8. The van der Waals surface area contributed by atoms with E-state index in [-0.39, 0.29) is 11.7 Å². The molecule has 0 aliphatic carbocycles. The lowest BCUT2D eigenvalue weighted by Crippen LogP contribution is -2.25. The Hall–Kier alpha value is -3.21. The van der Waals surface area contributed by atoms with E-state index in [1.807, 2.05) is 33.0 Å². The molecule has 1 heterocycles. The summed E-state index contributed by atoms with van der Waals surface area (Å²) in [5, 5.41) is 7.05. The molecule has 0 unspecified atom stereocenters. The van der Waals surface area contributed by atoms with Crippen LogP contribution in [0.25, 0.3) is 0 Å². The van der Waals surface area contributed by atoms with E-state index in [1.165, 1.54) is 0 Å². The Balaban J connectivity index is 1.82. The summed E-state index contributed by atoms with van der Waals surface area (Å²) in [6.07, 6.45) is 1.74. The minimum Gasteiger partial charge on any atom is -0.348 e. The van der Waals surface area contributed by atoms with Gasteiger partial charge in [-0.25, -0.2) is 0 Å². The molecular weight excluding hydrogens is 326 g/mol. The maximum Gasteiger partial charge on any atom is 0.252 e. The molecule has 0 saturated carbocycles. The van der Waals surface area contributed by atoms with Gasteiger partial charge in [0.05, 0.1) is 11.8 Å². The third-order valence-corrected chi connectivity index (χ3v) is 4.51. The molecule has 1 aromatic heterocycles. The predicted molar refractivity (Wildman–Crippen MR) is 100 cm³/mol. The van der Waals surface area contributed by atoms with E-state index in [1.54, 1.807) is 47.3 Å². The highest BCUT2D eigenvalue weighted by atomic mass is 16.2. The Labute approximate surface area is 152 Å². The first-order valence-corrected chi connectivity index (χ1v) is 8.43. The number of nitrogens with one attached hydrogen (secondary N) is 1. The molecular formula is C21H21N3O2. The van der Waals surface area contributed by atoms with Crippen molar-refractivity contribution >= 4 is 11.7 Å². The predicted octanol–water partition coefficient (Wildman–Crippen LogP) is 3.20. The molecule has 3 rings (SSSR count). The van der Waals surface area contributed by atoms with Gasteiger partial charge in [-0.2, -0.15) is 5.10 Å². The van der Waals surface area contributed by atoms with E-state index in [0.29, 0.717) is 23.2 Å². The van der Waals surface area contributed by atoms with Crippen LogP contribution in [0.5, 0.6) is 0 Å². The Bertz CT molecular complexity index is 956. The number of carbonyl (C=O) groups is 2. The summed E-state index contributed by atoms with van der Waals surface area (Å²) in [7, 11) is 1.86. The highest BCUT2D eigenvalue weighted by molar-refractivity contribution is 6.15. The molecule has 0 fully saturated rings. The fraction of sp³-hybridized carbons (Fsp3) is 0.190. The van der Waals surface area contributed by atoms with Crippen LogP contribution in [-0.4, -0.2) is 21.5 Å². The molecule has 0 saturated heterocycles. The quantitative estimate of drug-likeness (QED) is 0.721. The molecule has 2 aromatic carbocycles. The van der Waals surface area contributed by atoms with Crippen molar-refractivity contribution in [1.29, 1.82) is 0 Å². The summed E-state index contributed by atoms with van der Waals surface area (Å²) >= 11 is 0. The van der Waals surface area contributed by atoms with Crippen LogP contribution in [0.15, 0.2) is 54.7 Å². The lowest BCUT2D eigenvalue weighted by molar-refractivity contribution is 0.0939. The second-order valence-electron chi connectivity index (χ2n) is 6.30. The molecule has 132 valence electrons. The SMILES string of the molecule is Cc1ccc(C(=O)c2ccccc2C(=O)NCc2cnn(C)c2C)cc1. The Kier molecular flexibility index (Phi) is 4.98. The number of hydrogen-bond acceptors (Lipinski definition) is 3. The van der Waals surface area contributed by atoms with Gasteiger partial charge in [0, 0.05) is 36.0 Å². The number of carbonyl (C=O) groups excluding carboxylic acids is 2. The van der Waals surface area contributed by atoms with Crippen molar-refractivity contribution in [2.24, 2.45) is 7.05 Å². The largest absolute Gasteiger partial charge is 0.348 e. The minimum absolute atomic E-state index is 0.159. The van der Waals surface area contributed by atoms with Gasteiger partial charge in [0.25, 0.3) is 5.91 Å². The zero-order valence-corrected chi connectivity index (χ0v) is 15.1. The topological polar surface area (TPSA) is 64.0 Å². The summed E-state index contributed by atoms with van der Waals surface area (Å²) in [4.78, 5) is 25.5. The number of benzene rings is 2. The van der Waals surface area contributed by atoms with Gasteiger partial charge >= 0.3 is 0 Å². The van der Waals surface area contributed by atoms with Crippen LogP contribution in [0.4, 0.5) is 0 Å². The number of hydrogen-bond donors (Lipinski definition) is 1. The fourth-order valence-electron chi connectivity index (χ4n) is 2.73. The molecule has 5 nitrogen and oxygen atoms in total. The molecule has 1 amide bonds. The first-order chi connectivity index (χ1) is 12.5. The zero-order valence-electron chi connectivity index (χ0n) is 15.1. The van der Waals surface area contributed by atoms with Gasteiger partial charge in [-0.05, 0) is 19.9 Å². The number of ketones is 1. The second-order valence-corrected chi connectivity index (χ2v) is 6.30.